The van der Waals surface area contributed by atoms with E-state index < -0.39 is 30.1 Å². The summed E-state index contributed by atoms with van der Waals surface area (Å²) >= 11 is 0. The van der Waals surface area contributed by atoms with E-state index in [-0.39, 0.29) is 12.8 Å². The van der Waals surface area contributed by atoms with Crippen molar-refractivity contribution in [1.29, 1.82) is 0 Å². The van der Waals surface area contributed by atoms with Crippen molar-refractivity contribution in [2.45, 2.75) is 63.1 Å². The van der Waals surface area contributed by atoms with Crippen molar-refractivity contribution in [1.82, 2.24) is 0 Å². The van der Waals surface area contributed by atoms with Crippen LogP contribution in [0.3, 0.4) is 0 Å². The van der Waals surface area contributed by atoms with Crippen molar-refractivity contribution < 1.29 is 31.5 Å². The Labute approximate surface area is 101 Å². The van der Waals surface area contributed by atoms with E-state index in [2.05, 4.69) is 4.74 Å². The van der Waals surface area contributed by atoms with E-state index in [4.69, 9.17) is 0 Å². The Kier molecular flexibility index (Phi) is 4.55. The zero-order chi connectivity index (χ0) is 14.0. The average Bonchev–Trinajstić information content (AvgIpc) is 2.47. The molecule has 2 nitrogen and oxygen atoms in total. The molecule has 0 saturated carbocycles. The molecule has 7 heteroatoms. The predicted octanol–water partition coefficient (Wildman–Crippen LogP) is 3.49. The second kappa shape index (κ2) is 5.40. The molecule has 0 bridgehead atoms. The first kappa shape index (κ1) is 15.2. The van der Waals surface area contributed by atoms with Gasteiger partial charge >= 0.3 is 11.9 Å². The highest BCUT2D eigenvalue weighted by atomic mass is 19.3. The van der Waals surface area contributed by atoms with E-state index >= 15 is 0 Å². The van der Waals surface area contributed by atoms with E-state index in [0.29, 0.717) is 6.42 Å². The minimum Gasteiger partial charge on any atom is -0.454 e. The minimum absolute atomic E-state index is 0.264. The molecule has 2 atom stereocenters. The lowest BCUT2D eigenvalue weighted by atomic mass is 9.91. The molecule has 1 heterocycles. The Bertz CT molecular complexity index is 308. The molecule has 1 aliphatic rings. The fraction of sp³-hybridized carbons (Fsp3) is 0.909. The standard InChI is InChI=1S/C11H15F5O2/c1-2-3-4-5-6-7-10(14,8(12)13)11(15,16)9(17)18-7/h7-8H,2-6H2,1H3/t7-,10-/m1/s1. The minimum atomic E-state index is -4.78. The molecule has 1 aliphatic heterocycles. The van der Waals surface area contributed by atoms with Crippen LogP contribution in [0, 0.1) is 0 Å². The van der Waals surface area contributed by atoms with Gasteiger partial charge in [-0.1, -0.05) is 26.2 Å². The van der Waals surface area contributed by atoms with Gasteiger partial charge in [-0.2, -0.15) is 8.78 Å². The van der Waals surface area contributed by atoms with Crippen LogP contribution in [0.2, 0.25) is 0 Å². The van der Waals surface area contributed by atoms with E-state index in [1.807, 2.05) is 6.92 Å². The van der Waals surface area contributed by atoms with Gasteiger partial charge in [0, 0.05) is 0 Å². The topological polar surface area (TPSA) is 26.3 Å². The highest BCUT2D eigenvalue weighted by molar-refractivity contribution is 5.82. The molecule has 0 spiro atoms. The SMILES string of the molecule is CCCCCC[C@H]1OC(=O)C(F)(F)[C@]1(F)C(F)F. The highest BCUT2D eigenvalue weighted by Crippen LogP contribution is 2.48. The van der Waals surface area contributed by atoms with Gasteiger partial charge in [0.2, 0.25) is 0 Å². The Morgan fingerprint density at radius 2 is 1.83 bits per heavy atom. The molecule has 1 fully saturated rings. The summed E-state index contributed by atoms with van der Waals surface area (Å²) in [6, 6.07) is 0. The number of cyclic esters (lactones) is 1. The normalized spacial score (nSPS) is 30.8. The summed E-state index contributed by atoms with van der Waals surface area (Å²) in [4.78, 5) is 10.8. The second-order valence-electron chi connectivity index (χ2n) is 4.39. The van der Waals surface area contributed by atoms with Crippen LogP contribution in [-0.4, -0.2) is 30.1 Å². The molecule has 1 saturated heterocycles. The molecule has 0 N–H and O–H groups in total. The van der Waals surface area contributed by atoms with Crippen molar-refractivity contribution in [2.75, 3.05) is 0 Å². The molecule has 0 amide bonds. The zero-order valence-electron chi connectivity index (χ0n) is 9.90. The number of halogens is 5. The van der Waals surface area contributed by atoms with E-state index in [0.717, 1.165) is 12.8 Å². The lowest BCUT2D eigenvalue weighted by molar-refractivity contribution is -0.188. The third kappa shape index (κ3) is 2.31. The molecule has 0 aromatic rings. The Hall–Kier alpha value is -0.880. The number of hydrogen-bond acceptors (Lipinski definition) is 2. The predicted molar refractivity (Wildman–Crippen MR) is 53.4 cm³/mol. The van der Waals surface area contributed by atoms with Crippen LogP contribution in [0.25, 0.3) is 0 Å². The van der Waals surface area contributed by atoms with E-state index in [1.54, 1.807) is 0 Å². The lowest BCUT2D eigenvalue weighted by Gasteiger charge is -2.26. The van der Waals surface area contributed by atoms with Crippen LogP contribution >= 0.6 is 0 Å². The van der Waals surface area contributed by atoms with Crippen molar-refractivity contribution in [3.63, 3.8) is 0 Å². The van der Waals surface area contributed by atoms with Gasteiger partial charge in [0.05, 0.1) is 0 Å². The summed E-state index contributed by atoms with van der Waals surface area (Å²) in [7, 11) is 0. The number of rotatable bonds is 6. The Morgan fingerprint density at radius 3 is 2.33 bits per heavy atom. The molecule has 106 valence electrons. The zero-order valence-corrected chi connectivity index (χ0v) is 9.90. The first-order valence-electron chi connectivity index (χ1n) is 5.84. The molecule has 1 rings (SSSR count). The van der Waals surface area contributed by atoms with Gasteiger partial charge in [0.15, 0.2) is 0 Å². The number of alkyl halides is 5. The van der Waals surface area contributed by atoms with Gasteiger partial charge < -0.3 is 4.74 Å². The molecule has 0 aromatic carbocycles. The van der Waals surface area contributed by atoms with Gasteiger partial charge in [0.1, 0.15) is 6.10 Å². The lowest BCUT2D eigenvalue weighted by Crippen LogP contribution is -2.54. The van der Waals surface area contributed by atoms with Crippen LogP contribution < -0.4 is 0 Å². The van der Waals surface area contributed by atoms with Crippen LogP contribution in [-0.2, 0) is 9.53 Å². The summed E-state index contributed by atoms with van der Waals surface area (Å²) in [6.45, 7) is 1.91. The maximum absolute atomic E-state index is 13.8. The number of hydrogen-bond donors (Lipinski definition) is 0. The third-order valence-corrected chi connectivity index (χ3v) is 3.09. The third-order valence-electron chi connectivity index (χ3n) is 3.09. The fourth-order valence-electron chi connectivity index (χ4n) is 1.95. The monoisotopic (exact) mass is 274 g/mol. The molecular weight excluding hydrogens is 259 g/mol. The smallest absolute Gasteiger partial charge is 0.385 e. The Balaban J connectivity index is 2.75. The van der Waals surface area contributed by atoms with E-state index in [9.17, 15) is 26.7 Å². The number of unbranched alkanes of at least 4 members (excludes halogenated alkanes) is 3. The van der Waals surface area contributed by atoms with E-state index in [1.165, 1.54) is 0 Å². The molecule has 0 aliphatic carbocycles. The summed E-state index contributed by atoms with van der Waals surface area (Å²) in [5.41, 5.74) is -4.21. The maximum Gasteiger partial charge on any atom is 0.385 e. The van der Waals surface area contributed by atoms with Crippen LogP contribution in [0.4, 0.5) is 22.0 Å². The number of carbonyl (C=O) groups excluding carboxylic acids is 1. The van der Waals surface area contributed by atoms with Crippen molar-refractivity contribution in [3.8, 4) is 0 Å². The summed E-state index contributed by atoms with van der Waals surface area (Å²) in [5.74, 6) is -6.98. The molecule has 18 heavy (non-hydrogen) atoms. The average molecular weight is 274 g/mol. The number of esters is 1. The summed E-state index contributed by atoms with van der Waals surface area (Å²) in [6.07, 6.45) is -3.86. The molecule has 0 aromatic heterocycles. The quantitative estimate of drug-likeness (QED) is 0.421. The molecule has 0 unspecified atom stereocenters. The molecule has 0 radical (unpaired) electrons. The van der Waals surface area contributed by atoms with Gasteiger partial charge in [-0.05, 0) is 12.8 Å². The van der Waals surface area contributed by atoms with Crippen molar-refractivity contribution in [2.24, 2.45) is 0 Å². The van der Waals surface area contributed by atoms with Crippen LogP contribution in [0.5, 0.6) is 0 Å². The van der Waals surface area contributed by atoms with Crippen molar-refractivity contribution >= 4 is 5.97 Å². The number of carbonyl (C=O) groups is 1. The maximum atomic E-state index is 13.8. The number of ether oxygens (including phenoxy) is 1. The van der Waals surface area contributed by atoms with Crippen molar-refractivity contribution in [3.05, 3.63) is 0 Å². The first-order chi connectivity index (χ1) is 8.28. The second-order valence-corrected chi connectivity index (χ2v) is 4.39. The first-order valence-corrected chi connectivity index (χ1v) is 5.84. The van der Waals surface area contributed by atoms with Crippen LogP contribution in [0.1, 0.15) is 39.0 Å². The largest absolute Gasteiger partial charge is 0.454 e. The molecular formula is C11H15F5O2. The van der Waals surface area contributed by atoms with Gasteiger partial charge in [-0.3, -0.25) is 0 Å². The summed E-state index contributed by atoms with van der Waals surface area (Å²) < 4.78 is 69.2. The van der Waals surface area contributed by atoms with Crippen LogP contribution in [0.15, 0.2) is 0 Å². The summed E-state index contributed by atoms with van der Waals surface area (Å²) in [5, 5.41) is 0. The van der Waals surface area contributed by atoms with Gasteiger partial charge in [-0.15, -0.1) is 0 Å². The van der Waals surface area contributed by atoms with Gasteiger partial charge in [-0.25, -0.2) is 18.0 Å². The van der Waals surface area contributed by atoms with Gasteiger partial charge in [0.25, 0.3) is 12.1 Å². The fourth-order valence-corrected chi connectivity index (χ4v) is 1.95. The highest BCUT2D eigenvalue weighted by Gasteiger charge is 2.76. The Morgan fingerprint density at radius 1 is 1.22 bits per heavy atom.